The lowest BCUT2D eigenvalue weighted by Gasteiger charge is -2.07. The van der Waals surface area contributed by atoms with E-state index in [9.17, 15) is 8.60 Å². The maximum absolute atomic E-state index is 12.6. The second-order valence-electron chi connectivity index (χ2n) is 3.04. The molecule has 1 aromatic carbocycles. The predicted octanol–water partition coefficient (Wildman–Crippen LogP) is 0.896. The van der Waals surface area contributed by atoms with Crippen LogP contribution < -0.4 is 5.73 Å². The fraction of sp³-hybridized carbons (Fsp3) is 0.333. The van der Waals surface area contributed by atoms with Gasteiger partial charge in [0.15, 0.2) is 0 Å². The number of nitrogen functional groups attached to an aromatic ring is 1. The number of benzene rings is 1. The molecule has 0 fully saturated rings. The zero-order valence-electron chi connectivity index (χ0n) is 7.74. The highest BCUT2D eigenvalue weighted by molar-refractivity contribution is 7.85. The molecule has 2 atom stereocenters. The summed E-state index contributed by atoms with van der Waals surface area (Å²) >= 11 is 0. The molecule has 0 radical (unpaired) electrons. The maximum atomic E-state index is 12.6. The van der Waals surface area contributed by atoms with Crippen LogP contribution in [-0.4, -0.2) is 21.2 Å². The lowest BCUT2D eigenvalue weighted by molar-refractivity contribution is 0.219. The zero-order valence-corrected chi connectivity index (χ0v) is 8.55. The Morgan fingerprint density at radius 3 is 2.79 bits per heavy atom. The fourth-order valence-electron chi connectivity index (χ4n) is 1.04. The Bertz CT molecular complexity index is 355. The van der Waals surface area contributed by atoms with Crippen molar-refractivity contribution in [1.29, 1.82) is 0 Å². The molecular formula is C9H12FNO2S. The highest BCUT2D eigenvalue weighted by atomic mass is 32.2. The molecule has 0 bridgehead atoms. The van der Waals surface area contributed by atoms with Crippen LogP contribution in [0.15, 0.2) is 23.1 Å². The molecule has 0 saturated heterocycles. The van der Waals surface area contributed by atoms with Crippen molar-refractivity contribution in [3.8, 4) is 0 Å². The minimum Gasteiger partial charge on any atom is -0.398 e. The first-order chi connectivity index (χ1) is 6.50. The van der Waals surface area contributed by atoms with Crippen molar-refractivity contribution in [1.82, 2.24) is 0 Å². The SMILES string of the molecule is CC(O)CS(=O)c1ccc(F)cc1N. The molecule has 3 N–H and O–H groups in total. The molecule has 0 aromatic heterocycles. The summed E-state index contributed by atoms with van der Waals surface area (Å²) in [6.07, 6.45) is -0.666. The predicted molar refractivity (Wildman–Crippen MR) is 53.8 cm³/mol. The molecule has 0 aliphatic heterocycles. The van der Waals surface area contributed by atoms with E-state index in [0.29, 0.717) is 4.90 Å². The first kappa shape index (κ1) is 11.1. The third-order valence-corrected chi connectivity index (χ3v) is 3.26. The molecule has 14 heavy (non-hydrogen) atoms. The van der Waals surface area contributed by atoms with Crippen LogP contribution in [0.5, 0.6) is 0 Å². The summed E-state index contributed by atoms with van der Waals surface area (Å²) < 4.78 is 24.2. The van der Waals surface area contributed by atoms with Crippen molar-refractivity contribution in [2.75, 3.05) is 11.5 Å². The van der Waals surface area contributed by atoms with E-state index in [-0.39, 0.29) is 11.4 Å². The number of halogens is 1. The van der Waals surface area contributed by atoms with Gasteiger partial charge in [-0.1, -0.05) is 0 Å². The van der Waals surface area contributed by atoms with E-state index in [0.717, 1.165) is 6.07 Å². The summed E-state index contributed by atoms with van der Waals surface area (Å²) in [5, 5.41) is 9.02. The minimum atomic E-state index is -1.38. The van der Waals surface area contributed by atoms with Gasteiger partial charge in [0.25, 0.3) is 0 Å². The van der Waals surface area contributed by atoms with Gasteiger partial charge >= 0.3 is 0 Å². The van der Waals surface area contributed by atoms with Gasteiger partial charge in [0.2, 0.25) is 0 Å². The second kappa shape index (κ2) is 4.52. The van der Waals surface area contributed by atoms with Crippen LogP contribution in [0.4, 0.5) is 10.1 Å². The highest BCUT2D eigenvalue weighted by Crippen LogP contribution is 2.18. The molecule has 0 saturated carbocycles. The van der Waals surface area contributed by atoms with Crippen LogP contribution in [0.2, 0.25) is 0 Å². The first-order valence-electron chi connectivity index (χ1n) is 4.12. The van der Waals surface area contributed by atoms with E-state index >= 15 is 0 Å². The zero-order chi connectivity index (χ0) is 10.7. The second-order valence-corrected chi connectivity index (χ2v) is 4.51. The molecule has 78 valence electrons. The number of anilines is 1. The van der Waals surface area contributed by atoms with Gasteiger partial charge in [-0.3, -0.25) is 4.21 Å². The Balaban J connectivity index is 2.90. The van der Waals surface area contributed by atoms with Gasteiger partial charge in [-0.25, -0.2) is 4.39 Å². The van der Waals surface area contributed by atoms with Crippen molar-refractivity contribution >= 4 is 16.5 Å². The molecule has 0 amide bonds. The molecular weight excluding hydrogens is 205 g/mol. The number of nitrogens with two attached hydrogens (primary N) is 1. The molecule has 1 aromatic rings. The first-order valence-corrected chi connectivity index (χ1v) is 5.44. The minimum absolute atomic E-state index is 0.107. The molecule has 3 nitrogen and oxygen atoms in total. The summed E-state index contributed by atoms with van der Waals surface area (Å²) in [6.45, 7) is 1.54. The van der Waals surface area contributed by atoms with E-state index in [2.05, 4.69) is 0 Å². The number of aliphatic hydroxyl groups excluding tert-OH is 1. The van der Waals surface area contributed by atoms with Crippen molar-refractivity contribution in [3.63, 3.8) is 0 Å². The maximum Gasteiger partial charge on any atom is 0.125 e. The number of hydrogen-bond donors (Lipinski definition) is 2. The van der Waals surface area contributed by atoms with Gasteiger partial charge < -0.3 is 10.8 Å². The Labute approximate surface area is 84.2 Å². The van der Waals surface area contributed by atoms with Crippen molar-refractivity contribution in [2.45, 2.75) is 17.9 Å². The van der Waals surface area contributed by atoms with Crippen LogP contribution in [0.3, 0.4) is 0 Å². The standard InChI is InChI=1S/C9H12FNO2S/c1-6(12)5-14(13)9-3-2-7(10)4-8(9)11/h2-4,6,12H,5,11H2,1H3. The van der Waals surface area contributed by atoms with Crippen LogP contribution in [-0.2, 0) is 10.8 Å². The molecule has 0 aliphatic rings. The van der Waals surface area contributed by atoms with Crippen molar-refractivity contribution < 1.29 is 13.7 Å². The van der Waals surface area contributed by atoms with Crippen LogP contribution in [0, 0.1) is 5.82 Å². The molecule has 5 heteroatoms. The van der Waals surface area contributed by atoms with E-state index < -0.39 is 22.7 Å². The average Bonchev–Trinajstić information content (AvgIpc) is 2.01. The van der Waals surface area contributed by atoms with Gasteiger partial charge in [-0.15, -0.1) is 0 Å². The fourth-order valence-corrected chi connectivity index (χ4v) is 2.19. The van der Waals surface area contributed by atoms with E-state index in [1.54, 1.807) is 0 Å². The van der Waals surface area contributed by atoms with Gasteiger partial charge in [-0.05, 0) is 25.1 Å². The van der Waals surface area contributed by atoms with E-state index in [1.807, 2.05) is 0 Å². The van der Waals surface area contributed by atoms with E-state index in [1.165, 1.54) is 19.1 Å². The smallest absolute Gasteiger partial charge is 0.125 e. The quantitative estimate of drug-likeness (QED) is 0.739. The third-order valence-electron chi connectivity index (χ3n) is 1.61. The Hall–Kier alpha value is -0.940. The van der Waals surface area contributed by atoms with Gasteiger partial charge in [-0.2, -0.15) is 0 Å². The van der Waals surface area contributed by atoms with Gasteiger partial charge in [0, 0.05) is 0 Å². The Kier molecular flexibility index (Phi) is 3.60. The van der Waals surface area contributed by atoms with Crippen LogP contribution in [0.1, 0.15) is 6.92 Å². The summed E-state index contributed by atoms with van der Waals surface area (Å²) in [7, 11) is -1.38. The van der Waals surface area contributed by atoms with Crippen LogP contribution in [0.25, 0.3) is 0 Å². The largest absolute Gasteiger partial charge is 0.398 e. The Morgan fingerprint density at radius 1 is 1.64 bits per heavy atom. The monoisotopic (exact) mass is 217 g/mol. The van der Waals surface area contributed by atoms with Gasteiger partial charge in [0.05, 0.1) is 33.2 Å². The summed E-state index contributed by atoms with van der Waals surface area (Å²) in [6, 6.07) is 3.70. The number of rotatable bonds is 3. The summed E-state index contributed by atoms with van der Waals surface area (Å²) in [4.78, 5) is 0.368. The topological polar surface area (TPSA) is 63.3 Å². The molecule has 0 heterocycles. The number of aliphatic hydroxyl groups is 1. The van der Waals surface area contributed by atoms with Crippen molar-refractivity contribution in [3.05, 3.63) is 24.0 Å². The number of hydrogen-bond acceptors (Lipinski definition) is 3. The lowest BCUT2D eigenvalue weighted by Crippen LogP contribution is -2.13. The Morgan fingerprint density at radius 2 is 2.29 bits per heavy atom. The third kappa shape index (κ3) is 2.78. The molecule has 0 spiro atoms. The van der Waals surface area contributed by atoms with Gasteiger partial charge in [0.1, 0.15) is 5.82 Å². The molecule has 2 unspecified atom stereocenters. The van der Waals surface area contributed by atoms with Crippen molar-refractivity contribution in [2.24, 2.45) is 0 Å². The average molecular weight is 217 g/mol. The lowest BCUT2D eigenvalue weighted by atomic mass is 10.3. The summed E-state index contributed by atoms with van der Waals surface area (Å²) in [5.41, 5.74) is 5.64. The highest BCUT2D eigenvalue weighted by Gasteiger charge is 2.10. The van der Waals surface area contributed by atoms with E-state index in [4.69, 9.17) is 10.8 Å². The summed E-state index contributed by atoms with van der Waals surface area (Å²) in [5.74, 6) is -0.351. The molecule has 0 aliphatic carbocycles. The molecule has 1 rings (SSSR count). The van der Waals surface area contributed by atoms with Crippen LogP contribution >= 0.6 is 0 Å². The normalized spacial score (nSPS) is 15.1.